The van der Waals surface area contributed by atoms with Crippen molar-refractivity contribution in [3.63, 3.8) is 0 Å². The summed E-state index contributed by atoms with van der Waals surface area (Å²) < 4.78 is 18.3. The predicted octanol–water partition coefficient (Wildman–Crippen LogP) is 6.20. The number of carbonyl (C=O) groups is 1. The third-order valence-electron chi connectivity index (χ3n) is 6.65. The van der Waals surface area contributed by atoms with E-state index < -0.39 is 5.60 Å². The molecular weight excluding hydrogens is 464 g/mol. The van der Waals surface area contributed by atoms with E-state index in [0.29, 0.717) is 41.8 Å². The molecule has 6 nitrogen and oxygen atoms in total. The smallest absolute Gasteiger partial charge is 0.340 e. The maximum atomic E-state index is 13.2. The van der Waals surface area contributed by atoms with E-state index in [1.807, 2.05) is 49.4 Å². The number of rotatable bonds is 8. The second-order valence-electron chi connectivity index (χ2n) is 8.52. The van der Waals surface area contributed by atoms with Crippen molar-refractivity contribution in [1.29, 1.82) is 0 Å². The van der Waals surface area contributed by atoms with Crippen LogP contribution < -0.4 is 15.0 Å². The van der Waals surface area contributed by atoms with Gasteiger partial charge in [0.2, 0.25) is 0 Å². The third-order valence-corrected chi connectivity index (χ3v) is 6.87. The molecule has 2 aliphatic rings. The van der Waals surface area contributed by atoms with Gasteiger partial charge in [-0.25, -0.2) is 4.79 Å². The van der Waals surface area contributed by atoms with Gasteiger partial charge < -0.3 is 24.4 Å². The van der Waals surface area contributed by atoms with Gasteiger partial charge >= 0.3 is 5.97 Å². The van der Waals surface area contributed by atoms with Gasteiger partial charge in [0.25, 0.3) is 0 Å². The van der Waals surface area contributed by atoms with E-state index in [0.717, 1.165) is 41.2 Å². The molecule has 1 atom stereocenters. The van der Waals surface area contributed by atoms with Gasteiger partial charge in [-0.2, -0.15) is 0 Å². The van der Waals surface area contributed by atoms with Gasteiger partial charge in [0.05, 0.1) is 17.7 Å². The predicted molar refractivity (Wildman–Crippen MR) is 138 cm³/mol. The first-order valence-corrected chi connectivity index (χ1v) is 12.5. The Kier molecular flexibility index (Phi) is 6.34. The highest BCUT2D eigenvalue weighted by molar-refractivity contribution is 6.31. The van der Waals surface area contributed by atoms with Crippen LogP contribution in [-0.4, -0.2) is 38.8 Å². The van der Waals surface area contributed by atoms with Crippen molar-refractivity contribution in [2.24, 2.45) is 0 Å². The Morgan fingerprint density at radius 3 is 2.57 bits per heavy atom. The molecule has 0 aromatic heterocycles. The number of hydrogen-bond acceptors (Lipinski definition) is 6. The second-order valence-corrected chi connectivity index (χ2v) is 8.96. The van der Waals surface area contributed by atoms with E-state index in [1.54, 1.807) is 6.07 Å². The van der Waals surface area contributed by atoms with Crippen LogP contribution in [0.2, 0.25) is 5.02 Å². The minimum Gasteiger partial charge on any atom is -0.456 e. The van der Waals surface area contributed by atoms with Gasteiger partial charge in [0.15, 0.2) is 5.60 Å². The standard InChI is InChI=1S/C28H29ClN2O4/c1-4-31(5-2)19-11-12-22-24(17-19)34-25-16-18(29)15-23(30-13-14-33-6-3)26(25)28(22)21-10-8-7-9-20(21)27(32)35-28/h7-12,15-17,30H,4-6,13-14H2,1-3H3. The lowest BCUT2D eigenvalue weighted by Gasteiger charge is -2.38. The van der Waals surface area contributed by atoms with E-state index in [9.17, 15) is 4.79 Å². The van der Waals surface area contributed by atoms with Crippen molar-refractivity contribution in [3.8, 4) is 11.5 Å². The number of carbonyl (C=O) groups excluding carboxylic acids is 1. The molecule has 0 amide bonds. The molecule has 5 rings (SSSR count). The van der Waals surface area contributed by atoms with Crippen molar-refractivity contribution in [2.75, 3.05) is 43.1 Å². The summed E-state index contributed by atoms with van der Waals surface area (Å²) in [5, 5.41) is 3.96. The molecule has 0 saturated carbocycles. The molecule has 1 spiro atoms. The van der Waals surface area contributed by atoms with Gasteiger partial charge in [0, 0.05) is 65.9 Å². The summed E-state index contributed by atoms with van der Waals surface area (Å²) in [5.41, 5.74) is 3.50. The van der Waals surface area contributed by atoms with E-state index in [-0.39, 0.29) is 5.97 Å². The molecule has 35 heavy (non-hydrogen) atoms. The molecule has 0 saturated heterocycles. The van der Waals surface area contributed by atoms with Gasteiger partial charge in [-0.15, -0.1) is 0 Å². The topological polar surface area (TPSA) is 60.0 Å². The molecule has 3 aromatic rings. The largest absolute Gasteiger partial charge is 0.456 e. The SMILES string of the molecule is CCOCCNc1cc(Cl)cc2c1C1(OC(=O)c3ccccc31)c1ccc(N(CC)CC)cc1O2. The van der Waals surface area contributed by atoms with Crippen LogP contribution in [0, 0.1) is 0 Å². The minimum absolute atomic E-state index is 0.359. The molecule has 3 aromatic carbocycles. The molecule has 0 fully saturated rings. The van der Waals surface area contributed by atoms with Crippen LogP contribution in [0.25, 0.3) is 0 Å². The zero-order valence-corrected chi connectivity index (χ0v) is 20.9. The molecule has 1 N–H and O–H groups in total. The highest BCUT2D eigenvalue weighted by atomic mass is 35.5. The van der Waals surface area contributed by atoms with Crippen LogP contribution in [0.5, 0.6) is 11.5 Å². The molecule has 2 aliphatic heterocycles. The molecule has 7 heteroatoms. The maximum absolute atomic E-state index is 13.2. The lowest BCUT2D eigenvalue weighted by molar-refractivity contribution is 0.0226. The van der Waals surface area contributed by atoms with E-state index in [1.165, 1.54) is 0 Å². The first-order chi connectivity index (χ1) is 17.0. The number of ether oxygens (including phenoxy) is 3. The number of nitrogens with one attached hydrogen (secondary N) is 1. The zero-order valence-electron chi connectivity index (χ0n) is 20.2. The molecular formula is C28H29ClN2O4. The van der Waals surface area contributed by atoms with Crippen LogP contribution in [-0.2, 0) is 15.1 Å². The Hall–Kier alpha value is -3.22. The second kappa shape index (κ2) is 9.44. The summed E-state index contributed by atoms with van der Waals surface area (Å²) in [5.74, 6) is 0.849. The molecule has 0 radical (unpaired) electrons. The fourth-order valence-electron chi connectivity index (χ4n) is 5.09. The fraction of sp³-hybridized carbons (Fsp3) is 0.321. The summed E-state index contributed by atoms with van der Waals surface area (Å²) in [6, 6.07) is 17.3. The van der Waals surface area contributed by atoms with Crippen LogP contribution in [0.3, 0.4) is 0 Å². The van der Waals surface area contributed by atoms with Gasteiger partial charge in [-0.1, -0.05) is 29.8 Å². The number of esters is 1. The van der Waals surface area contributed by atoms with Gasteiger partial charge in [0.1, 0.15) is 11.5 Å². The minimum atomic E-state index is -1.16. The zero-order chi connectivity index (χ0) is 24.6. The molecule has 0 aliphatic carbocycles. The van der Waals surface area contributed by atoms with Crippen LogP contribution in [0.1, 0.15) is 47.8 Å². The quantitative estimate of drug-likeness (QED) is 0.298. The van der Waals surface area contributed by atoms with Crippen LogP contribution >= 0.6 is 11.6 Å². The molecule has 0 bridgehead atoms. The summed E-state index contributed by atoms with van der Waals surface area (Å²) in [6.07, 6.45) is 0. The summed E-state index contributed by atoms with van der Waals surface area (Å²) >= 11 is 6.53. The van der Waals surface area contributed by atoms with Crippen LogP contribution in [0.4, 0.5) is 11.4 Å². The van der Waals surface area contributed by atoms with E-state index >= 15 is 0 Å². The van der Waals surface area contributed by atoms with Crippen molar-refractivity contribution < 1.29 is 19.0 Å². The number of hydrogen-bond donors (Lipinski definition) is 1. The highest BCUT2D eigenvalue weighted by Crippen LogP contribution is 2.59. The average Bonchev–Trinajstić information content (AvgIpc) is 3.15. The third kappa shape index (κ3) is 3.81. The number of nitrogens with zero attached hydrogens (tertiary/aromatic N) is 1. The average molecular weight is 493 g/mol. The lowest BCUT2D eigenvalue weighted by atomic mass is 9.77. The Morgan fingerprint density at radius 2 is 1.80 bits per heavy atom. The fourth-order valence-corrected chi connectivity index (χ4v) is 5.30. The van der Waals surface area contributed by atoms with Gasteiger partial charge in [-0.3, -0.25) is 0 Å². The lowest BCUT2D eigenvalue weighted by Crippen LogP contribution is -2.34. The summed E-state index contributed by atoms with van der Waals surface area (Å²) in [7, 11) is 0. The molecule has 1 unspecified atom stereocenters. The molecule has 182 valence electrons. The first-order valence-electron chi connectivity index (χ1n) is 12.1. The van der Waals surface area contributed by atoms with E-state index in [4.69, 9.17) is 25.8 Å². The number of anilines is 2. The summed E-state index contributed by atoms with van der Waals surface area (Å²) in [4.78, 5) is 15.4. The Morgan fingerprint density at radius 1 is 1.00 bits per heavy atom. The van der Waals surface area contributed by atoms with Crippen molar-refractivity contribution in [2.45, 2.75) is 26.4 Å². The Labute approximate surface area is 210 Å². The summed E-state index contributed by atoms with van der Waals surface area (Å²) in [6.45, 7) is 9.68. The highest BCUT2D eigenvalue weighted by Gasteiger charge is 2.54. The van der Waals surface area contributed by atoms with Crippen LogP contribution in [0.15, 0.2) is 54.6 Å². The number of fused-ring (bicyclic) bond motifs is 6. The number of halogens is 1. The number of benzene rings is 3. The van der Waals surface area contributed by atoms with E-state index in [2.05, 4.69) is 30.1 Å². The monoisotopic (exact) mass is 492 g/mol. The molecule has 2 heterocycles. The Balaban J connectivity index is 1.74. The Bertz CT molecular complexity index is 1270. The maximum Gasteiger partial charge on any atom is 0.340 e. The normalized spacial score (nSPS) is 17.3. The first kappa shape index (κ1) is 23.5. The van der Waals surface area contributed by atoms with Crippen molar-refractivity contribution in [1.82, 2.24) is 0 Å². The van der Waals surface area contributed by atoms with Crippen molar-refractivity contribution in [3.05, 3.63) is 81.9 Å². The van der Waals surface area contributed by atoms with Gasteiger partial charge in [-0.05, 0) is 45.0 Å². The van der Waals surface area contributed by atoms with Crippen molar-refractivity contribution >= 4 is 28.9 Å².